The van der Waals surface area contributed by atoms with E-state index in [0.717, 1.165) is 57.8 Å². The number of hydrogen-bond acceptors (Lipinski definition) is 6. The second-order valence-electron chi connectivity index (χ2n) is 10.9. The van der Waals surface area contributed by atoms with E-state index < -0.39 is 42.3 Å². The summed E-state index contributed by atoms with van der Waals surface area (Å²) in [6.45, 7) is 2.49. The highest BCUT2D eigenvalue weighted by Gasteiger charge is 2.23. The lowest BCUT2D eigenvalue weighted by Crippen LogP contribution is -2.42. The highest BCUT2D eigenvalue weighted by Crippen LogP contribution is 2.14. The van der Waals surface area contributed by atoms with Crippen LogP contribution in [0.2, 0.25) is 0 Å². The number of rotatable bonds is 28. The first-order valence-electron chi connectivity index (χ1n) is 15.6. The van der Waals surface area contributed by atoms with Crippen molar-refractivity contribution in [2.45, 2.75) is 147 Å². The number of hydrogen-bond donors (Lipinski definition) is 6. The van der Waals surface area contributed by atoms with Crippen molar-refractivity contribution in [2.24, 2.45) is 0 Å². The summed E-state index contributed by atoms with van der Waals surface area (Å²) in [5.41, 5.74) is 0. The lowest BCUT2D eigenvalue weighted by molar-refractivity contribution is -0.147. The van der Waals surface area contributed by atoms with Crippen molar-refractivity contribution in [3.05, 3.63) is 0 Å². The fourth-order valence-electron chi connectivity index (χ4n) is 4.49. The SMILES string of the molecule is CCCNC(=O)CCC(NC(=O)CCCCCCCCCCCCCCCCC(=O)NC(CC(=O)O)C(=O)O)C(=O)O. The van der Waals surface area contributed by atoms with Gasteiger partial charge in [-0.3, -0.25) is 19.2 Å². The summed E-state index contributed by atoms with van der Waals surface area (Å²) < 4.78 is 0. The molecule has 0 aromatic carbocycles. The molecule has 12 heteroatoms. The maximum absolute atomic E-state index is 12.1. The number of unbranched alkanes of at least 4 members (excludes halogenated alkanes) is 13. The van der Waals surface area contributed by atoms with Crippen LogP contribution in [0, 0.1) is 0 Å². The lowest BCUT2D eigenvalue weighted by Gasteiger charge is -2.14. The molecule has 0 saturated heterocycles. The Bertz CT molecular complexity index is 820. The molecule has 0 radical (unpaired) electrons. The summed E-state index contributed by atoms with van der Waals surface area (Å²) in [4.78, 5) is 68.6. The van der Waals surface area contributed by atoms with Gasteiger partial charge in [0.2, 0.25) is 17.7 Å². The third kappa shape index (κ3) is 23.5. The van der Waals surface area contributed by atoms with E-state index in [9.17, 15) is 33.9 Å². The van der Waals surface area contributed by atoms with E-state index in [-0.39, 0.29) is 37.5 Å². The van der Waals surface area contributed by atoms with Gasteiger partial charge in [0, 0.05) is 25.8 Å². The summed E-state index contributed by atoms with van der Waals surface area (Å²) >= 11 is 0. The molecule has 0 spiro atoms. The first-order valence-corrected chi connectivity index (χ1v) is 15.6. The van der Waals surface area contributed by atoms with Crippen LogP contribution < -0.4 is 16.0 Å². The molecule has 0 fully saturated rings. The van der Waals surface area contributed by atoms with Crippen molar-refractivity contribution >= 4 is 35.6 Å². The molecular weight excluding hydrogens is 546 g/mol. The molecule has 3 amide bonds. The van der Waals surface area contributed by atoms with E-state index in [0.29, 0.717) is 19.4 Å². The van der Waals surface area contributed by atoms with E-state index in [4.69, 9.17) is 10.2 Å². The van der Waals surface area contributed by atoms with Gasteiger partial charge in [-0.2, -0.15) is 0 Å². The third-order valence-electron chi connectivity index (χ3n) is 6.94. The summed E-state index contributed by atoms with van der Waals surface area (Å²) in [6.07, 6.45) is 15.3. The quantitative estimate of drug-likeness (QED) is 0.0715. The Labute approximate surface area is 249 Å². The van der Waals surface area contributed by atoms with Crippen LogP contribution in [0.4, 0.5) is 0 Å². The molecule has 2 unspecified atom stereocenters. The zero-order chi connectivity index (χ0) is 31.6. The number of carbonyl (C=O) groups excluding carboxylic acids is 3. The minimum absolute atomic E-state index is 0.0670. The Balaban J connectivity index is 3.62. The molecule has 2 atom stereocenters. The number of aliphatic carboxylic acids is 3. The molecule has 6 N–H and O–H groups in total. The van der Waals surface area contributed by atoms with Crippen LogP contribution in [0.1, 0.15) is 135 Å². The van der Waals surface area contributed by atoms with Crippen molar-refractivity contribution in [1.29, 1.82) is 0 Å². The van der Waals surface area contributed by atoms with E-state index in [1.807, 2.05) is 6.92 Å². The van der Waals surface area contributed by atoms with Crippen molar-refractivity contribution in [1.82, 2.24) is 16.0 Å². The topological polar surface area (TPSA) is 199 Å². The predicted molar refractivity (Wildman–Crippen MR) is 158 cm³/mol. The summed E-state index contributed by atoms with van der Waals surface area (Å²) in [7, 11) is 0. The van der Waals surface area contributed by atoms with Gasteiger partial charge in [-0.05, 0) is 25.7 Å². The third-order valence-corrected chi connectivity index (χ3v) is 6.94. The molecule has 0 bridgehead atoms. The number of carboxylic acids is 3. The first kappa shape index (κ1) is 38.8. The van der Waals surface area contributed by atoms with Crippen LogP contribution in [-0.4, -0.2) is 69.6 Å². The van der Waals surface area contributed by atoms with E-state index >= 15 is 0 Å². The highest BCUT2D eigenvalue weighted by molar-refractivity contribution is 5.87. The molecule has 0 saturated carbocycles. The molecule has 0 aliphatic carbocycles. The zero-order valence-corrected chi connectivity index (χ0v) is 25.3. The van der Waals surface area contributed by atoms with E-state index in [1.54, 1.807) is 0 Å². The maximum atomic E-state index is 12.1. The van der Waals surface area contributed by atoms with Gasteiger partial charge in [0.05, 0.1) is 6.42 Å². The van der Waals surface area contributed by atoms with Gasteiger partial charge in [-0.1, -0.05) is 84.0 Å². The van der Waals surface area contributed by atoms with Gasteiger partial charge in [0.1, 0.15) is 12.1 Å². The summed E-state index contributed by atoms with van der Waals surface area (Å²) in [6, 6.07) is -2.44. The van der Waals surface area contributed by atoms with Gasteiger partial charge >= 0.3 is 17.9 Å². The van der Waals surface area contributed by atoms with Crippen LogP contribution in [0.15, 0.2) is 0 Å². The summed E-state index contributed by atoms with van der Waals surface area (Å²) in [5.74, 6) is -4.67. The molecule has 0 aromatic rings. The Morgan fingerprint density at radius 1 is 0.524 bits per heavy atom. The average Bonchev–Trinajstić information content (AvgIpc) is 2.92. The van der Waals surface area contributed by atoms with E-state index in [2.05, 4.69) is 16.0 Å². The number of nitrogens with one attached hydrogen (secondary N) is 3. The predicted octanol–water partition coefficient (Wildman–Crippen LogP) is 4.15. The fraction of sp³-hybridized carbons (Fsp3) is 0.800. The van der Waals surface area contributed by atoms with Gasteiger partial charge in [-0.15, -0.1) is 0 Å². The standard InChI is InChI=1S/C30H53N3O9/c1-2-21-31-25(34)20-19-23(29(39)40)32-26(35)17-15-13-11-9-7-5-3-4-6-8-10-12-14-16-18-27(36)33-24(30(41)42)22-28(37)38/h23-24H,2-22H2,1H3,(H,31,34)(H,32,35)(H,33,36)(H,37,38)(H,39,40)(H,41,42). The van der Waals surface area contributed by atoms with Crippen LogP contribution in [0.25, 0.3) is 0 Å². The summed E-state index contributed by atoms with van der Waals surface area (Å²) in [5, 5.41) is 34.4. The molecule has 0 aliphatic heterocycles. The lowest BCUT2D eigenvalue weighted by atomic mass is 10.0. The van der Waals surface area contributed by atoms with Crippen LogP contribution in [0.5, 0.6) is 0 Å². The smallest absolute Gasteiger partial charge is 0.326 e. The van der Waals surface area contributed by atoms with Crippen molar-refractivity contribution < 1.29 is 44.1 Å². The van der Waals surface area contributed by atoms with Crippen LogP contribution in [0.3, 0.4) is 0 Å². The van der Waals surface area contributed by atoms with Crippen molar-refractivity contribution in [3.8, 4) is 0 Å². The van der Waals surface area contributed by atoms with Gasteiger partial charge in [0.15, 0.2) is 0 Å². The Morgan fingerprint density at radius 3 is 1.26 bits per heavy atom. The molecule has 0 aliphatic rings. The minimum Gasteiger partial charge on any atom is -0.481 e. The Hall–Kier alpha value is -3.18. The highest BCUT2D eigenvalue weighted by atomic mass is 16.4. The average molecular weight is 600 g/mol. The minimum atomic E-state index is -1.39. The van der Waals surface area contributed by atoms with Gasteiger partial charge < -0.3 is 31.3 Å². The number of carboxylic acid groups (broad SMARTS) is 3. The normalized spacial score (nSPS) is 12.2. The van der Waals surface area contributed by atoms with Crippen LogP contribution in [-0.2, 0) is 28.8 Å². The molecular formula is C30H53N3O9. The van der Waals surface area contributed by atoms with Crippen LogP contribution >= 0.6 is 0 Å². The number of amides is 3. The second kappa shape index (κ2) is 25.5. The zero-order valence-electron chi connectivity index (χ0n) is 25.3. The van der Waals surface area contributed by atoms with Crippen molar-refractivity contribution in [3.63, 3.8) is 0 Å². The monoisotopic (exact) mass is 599 g/mol. The Morgan fingerprint density at radius 2 is 0.905 bits per heavy atom. The Kier molecular flexibility index (Phi) is 23.6. The van der Waals surface area contributed by atoms with E-state index in [1.165, 1.54) is 25.7 Å². The largest absolute Gasteiger partial charge is 0.481 e. The maximum Gasteiger partial charge on any atom is 0.326 e. The molecule has 242 valence electrons. The fourth-order valence-corrected chi connectivity index (χ4v) is 4.49. The second-order valence-corrected chi connectivity index (χ2v) is 10.9. The molecule has 12 nitrogen and oxygen atoms in total. The molecule has 0 aromatic heterocycles. The van der Waals surface area contributed by atoms with Gasteiger partial charge in [0.25, 0.3) is 0 Å². The van der Waals surface area contributed by atoms with Crippen molar-refractivity contribution in [2.75, 3.05) is 6.54 Å². The molecule has 42 heavy (non-hydrogen) atoms. The molecule has 0 heterocycles. The number of carbonyl (C=O) groups is 6. The molecule has 0 rings (SSSR count). The first-order chi connectivity index (χ1) is 20.1. The van der Waals surface area contributed by atoms with Gasteiger partial charge in [-0.25, -0.2) is 9.59 Å².